The van der Waals surface area contributed by atoms with Crippen molar-refractivity contribution in [3.8, 4) is 0 Å². The highest BCUT2D eigenvalue weighted by Gasteiger charge is 2.20. The van der Waals surface area contributed by atoms with Gasteiger partial charge in [-0.2, -0.15) is 5.10 Å². The molecule has 2 aromatic heterocycles. The van der Waals surface area contributed by atoms with Crippen LogP contribution in [0.4, 0.5) is 0 Å². The summed E-state index contributed by atoms with van der Waals surface area (Å²) in [6.07, 6.45) is 2.02. The summed E-state index contributed by atoms with van der Waals surface area (Å²) >= 11 is 12.4. The van der Waals surface area contributed by atoms with E-state index >= 15 is 0 Å². The standard InChI is InChI=1S/C17H15Cl2N3O2/c1-3-24-17(23)14-9-20-22-15(19)13(10(2)21-16(14)22)8-11-4-6-12(18)7-5-11/h4-7,9H,3,8H2,1-2H3. The van der Waals surface area contributed by atoms with Gasteiger partial charge in [0.05, 0.1) is 12.8 Å². The van der Waals surface area contributed by atoms with Gasteiger partial charge in [-0.15, -0.1) is 0 Å². The number of carbonyl (C=O) groups excluding carboxylic acids is 1. The molecule has 3 aromatic rings. The predicted octanol–water partition coefficient (Wildman–Crippen LogP) is 4.11. The summed E-state index contributed by atoms with van der Waals surface area (Å²) in [5, 5.41) is 5.29. The van der Waals surface area contributed by atoms with E-state index < -0.39 is 5.97 Å². The van der Waals surface area contributed by atoms with E-state index in [4.69, 9.17) is 27.9 Å². The number of hydrogen-bond donors (Lipinski definition) is 0. The Morgan fingerprint density at radius 3 is 2.62 bits per heavy atom. The Labute approximate surface area is 149 Å². The molecule has 5 nitrogen and oxygen atoms in total. The largest absolute Gasteiger partial charge is 0.462 e. The third kappa shape index (κ3) is 3.09. The van der Waals surface area contributed by atoms with Crippen LogP contribution in [-0.2, 0) is 11.2 Å². The van der Waals surface area contributed by atoms with E-state index in [2.05, 4.69) is 10.1 Å². The Morgan fingerprint density at radius 1 is 1.25 bits per heavy atom. The number of aromatic nitrogens is 3. The summed E-state index contributed by atoms with van der Waals surface area (Å²) in [4.78, 5) is 16.5. The molecule has 0 bridgehead atoms. The zero-order valence-corrected chi connectivity index (χ0v) is 14.7. The van der Waals surface area contributed by atoms with Gasteiger partial charge in [0.1, 0.15) is 10.7 Å². The number of benzene rings is 1. The average molecular weight is 364 g/mol. The van der Waals surface area contributed by atoms with Crippen molar-refractivity contribution in [3.63, 3.8) is 0 Å². The van der Waals surface area contributed by atoms with Crippen molar-refractivity contribution in [2.24, 2.45) is 0 Å². The van der Waals surface area contributed by atoms with Gasteiger partial charge in [-0.25, -0.2) is 14.3 Å². The van der Waals surface area contributed by atoms with Crippen LogP contribution in [0.2, 0.25) is 10.2 Å². The first-order valence-electron chi connectivity index (χ1n) is 7.45. The van der Waals surface area contributed by atoms with Crippen LogP contribution in [0.5, 0.6) is 0 Å². The molecule has 0 fully saturated rings. The molecule has 0 unspecified atom stereocenters. The van der Waals surface area contributed by atoms with E-state index in [9.17, 15) is 4.79 Å². The van der Waals surface area contributed by atoms with E-state index in [0.29, 0.717) is 27.8 Å². The van der Waals surface area contributed by atoms with Crippen LogP contribution in [0.25, 0.3) is 5.65 Å². The van der Waals surface area contributed by atoms with Crippen molar-refractivity contribution in [1.29, 1.82) is 0 Å². The van der Waals surface area contributed by atoms with Gasteiger partial charge in [-0.3, -0.25) is 0 Å². The Morgan fingerprint density at radius 2 is 1.96 bits per heavy atom. The van der Waals surface area contributed by atoms with Crippen molar-refractivity contribution in [2.75, 3.05) is 6.61 Å². The second kappa shape index (κ2) is 6.79. The van der Waals surface area contributed by atoms with Crippen LogP contribution in [0.15, 0.2) is 30.5 Å². The molecule has 24 heavy (non-hydrogen) atoms. The Kier molecular flexibility index (Phi) is 4.73. The summed E-state index contributed by atoms with van der Waals surface area (Å²) in [6.45, 7) is 3.90. The molecule has 0 aliphatic carbocycles. The van der Waals surface area contributed by atoms with Gasteiger partial charge < -0.3 is 4.74 Å². The van der Waals surface area contributed by atoms with Gasteiger partial charge in [0.15, 0.2) is 5.65 Å². The minimum Gasteiger partial charge on any atom is -0.462 e. The van der Waals surface area contributed by atoms with Gasteiger partial charge >= 0.3 is 5.97 Å². The molecule has 0 saturated carbocycles. The van der Waals surface area contributed by atoms with Crippen LogP contribution >= 0.6 is 23.2 Å². The fourth-order valence-electron chi connectivity index (χ4n) is 2.46. The molecule has 7 heteroatoms. The zero-order valence-electron chi connectivity index (χ0n) is 13.2. The maximum absolute atomic E-state index is 12.0. The summed E-state index contributed by atoms with van der Waals surface area (Å²) < 4.78 is 6.49. The van der Waals surface area contributed by atoms with Gasteiger partial charge in [0, 0.05) is 22.7 Å². The predicted molar refractivity (Wildman–Crippen MR) is 92.9 cm³/mol. The topological polar surface area (TPSA) is 56.5 Å². The lowest BCUT2D eigenvalue weighted by molar-refractivity contribution is 0.0528. The number of hydrogen-bond acceptors (Lipinski definition) is 4. The van der Waals surface area contributed by atoms with Gasteiger partial charge in [0.25, 0.3) is 0 Å². The lowest BCUT2D eigenvalue weighted by Gasteiger charge is -2.10. The Hall–Kier alpha value is -2.11. The highest BCUT2D eigenvalue weighted by molar-refractivity contribution is 6.31. The molecule has 0 radical (unpaired) electrons. The molecule has 0 atom stereocenters. The first-order valence-corrected chi connectivity index (χ1v) is 8.21. The summed E-state index contributed by atoms with van der Waals surface area (Å²) in [5.74, 6) is -0.457. The molecule has 2 heterocycles. The number of esters is 1. The molecule has 1 aromatic carbocycles. The molecule has 0 N–H and O–H groups in total. The molecular weight excluding hydrogens is 349 g/mol. The smallest absolute Gasteiger partial charge is 0.343 e. The van der Waals surface area contributed by atoms with Crippen molar-refractivity contribution < 1.29 is 9.53 Å². The fourth-order valence-corrected chi connectivity index (χ4v) is 2.91. The quantitative estimate of drug-likeness (QED) is 0.516. The van der Waals surface area contributed by atoms with E-state index in [-0.39, 0.29) is 6.61 Å². The molecule has 0 aliphatic rings. The van der Waals surface area contributed by atoms with E-state index in [1.807, 2.05) is 31.2 Å². The van der Waals surface area contributed by atoms with Crippen molar-refractivity contribution in [1.82, 2.24) is 14.6 Å². The number of ether oxygens (including phenoxy) is 1. The molecular formula is C17H15Cl2N3O2. The Bertz CT molecular complexity index is 904. The number of rotatable bonds is 4. The van der Waals surface area contributed by atoms with Crippen LogP contribution < -0.4 is 0 Å². The van der Waals surface area contributed by atoms with Crippen LogP contribution in [0, 0.1) is 6.92 Å². The summed E-state index contributed by atoms with van der Waals surface area (Å²) in [5.41, 5.74) is 3.36. The normalized spacial score (nSPS) is 11.0. The van der Waals surface area contributed by atoms with Gasteiger partial charge in [-0.05, 0) is 31.5 Å². The van der Waals surface area contributed by atoms with E-state index in [1.165, 1.54) is 10.7 Å². The third-order valence-corrected chi connectivity index (χ3v) is 4.32. The number of carbonyl (C=O) groups is 1. The second-order valence-electron chi connectivity index (χ2n) is 5.28. The molecule has 0 saturated heterocycles. The number of nitrogens with zero attached hydrogens (tertiary/aromatic N) is 3. The zero-order chi connectivity index (χ0) is 17.3. The minimum atomic E-state index is -0.457. The van der Waals surface area contributed by atoms with Crippen molar-refractivity contribution in [2.45, 2.75) is 20.3 Å². The van der Waals surface area contributed by atoms with E-state index in [1.54, 1.807) is 6.92 Å². The molecule has 0 spiro atoms. The molecule has 0 amide bonds. The lowest BCUT2D eigenvalue weighted by Crippen LogP contribution is -2.07. The highest BCUT2D eigenvalue weighted by Crippen LogP contribution is 2.25. The first kappa shape index (κ1) is 16.7. The monoisotopic (exact) mass is 363 g/mol. The number of aryl methyl sites for hydroxylation is 1. The minimum absolute atomic E-state index is 0.289. The maximum atomic E-state index is 12.0. The van der Waals surface area contributed by atoms with Crippen molar-refractivity contribution >= 4 is 34.8 Å². The lowest BCUT2D eigenvalue weighted by atomic mass is 10.1. The maximum Gasteiger partial charge on any atom is 0.343 e. The fraction of sp³-hybridized carbons (Fsp3) is 0.235. The number of fused-ring (bicyclic) bond motifs is 1. The SMILES string of the molecule is CCOC(=O)c1cnn2c(Cl)c(Cc3ccc(Cl)cc3)c(C)nc12. The van der Waals surface area contributed by atoms with Gasteiger partial charge in [-0.1, -0.05) is 35.3 Å². The Balaban J connectivity index is 2.04. The first-order chi connectivity index (χ1) is 11.5. The van der Waals surface area contributed by atoms with Crippen LogP contribution in [0.3, 0.4) is 0 Å². The summed E-state index contributed by atoms with van der Waals surface area (Å²) in [7, 11) is 0. The molecule has 3 rings (SSSR count). The highest BCUT2D eigenvalue weighted by atomic mass is 35.5. The van der Waals surface area contributed by atoms with Crippen LogP contribution in [-0.4, -0.2) is 27.2 Å². The third-order valence-electron chi connectivity index (χ3n) is 3.68. The summed E-state index contributed by atoms with van der Waals surface area (Å²) in [6, 6.07) is 7.54. The van der Waals surface area contributed by atoms with Crippen LogP contribution in [0.1, 0.15) is 34.1 Å². The molecule has 0 aliphatic heterocycles. The second-order valence-corrected chi connectivity index (χ2v) is 6.08. The van der Waals surface area contributed by atoms with Gasteiger partial charge in [0.2, 0.25) is 0 Å². The average Bonchev–Trinajstić information content (AvgIpc) is 2.97. The molecule has 124 valence electrons. The number of halogens is 2. The van der Waals surface area contributed by atoms with E-state index in [0.717, 1.165) is 16.8 Å². The van der Waals surface area contributed by atoms with Crippen molar-refractivity contribution in [3.05, 3.63) is 63.0 Å².